The molecule has 19 heavy (non-hydrogen) atoms. The maximum atomic E-state index is 13.2. The van der Waals surface area contributed by atoms with Gasteiger partial charge in [-0.15, -0.1) is 11.3 Å². The lowest BCUT2D eigenvalue weighted by molar-refractivity contribution is -0.139. The molecule has 0 atom stereocenters. The number of thiazole rings is 1. The number of esters is 1. The lowest BCUT2D eigenvalue weighted by Crippen LogP contribution is -2.04. The average Bonchev–Trinajstić information content (AvgIpc) is 2.74. The number of rotatable bonds is 4. The third-order valence-electron chi connectivity index (χ3n) is 2.22. The monoisotopic (exact) mass is 300 g/mol. The molecule has 100 valence electrons. The Morgan fingerprint density at radius 3 is 3.00 bits per heavy atom. The number of hydrogen-bond acceptors (Lipinski definition) is 5. The highest BCUT2D eigenvalue weighted by atomic mass is 35.5. The van der Waals surface area contributed by atoms with Crippen molar-refractivity contribution in [1.29, 1.82) is 0 Å². The average molecular weight is 301 g/mol. The Hall–Kier alpha value is -1.66. The molecule has 1 aromatic carbocycles. The van der Waals surface area contributed by atoms with E-state index in [1.54, 1.807) is 11.4 Å². The van der Waals surface area contributed by atoms with Crippen LogP contribution in [0, 0.1) is 5.82 Å². The van der Waals surface area contributed by atoms with E-state index >= 15 is 0 Å². The minimum absolute atomic E-state index is 0.110. The Balaban J connectivity index is 2.09. The van der Waals surface area contributed by atoms with Gasteiger partial charge in [-0.1, -0.05) is 11.6 Å². The molecule has 0 fully saturated rings. The molecule has 4 nitrogen and oxygen atoms in total. The molecule has 1 N–H and O–H groups in total. The Morgan fingerprint density at radius 2 is 2.32 bits per heavy atom. The van der Waals surface area contributed by atoms with Crippen LogP contribution >= 0.6 is 22.9 Å². The highest BCUT2D eigenvalue weighted by Gasteiger charge is 2.08. The van der Waals surface area contributed by atoms with Crippen LogP contribution in [0.3, 0.4) is 0 Å². The zero-order valence-corrected chi connectivity index (χ0v) is 11.5. The first-order chi connectivity index (χ1) is 9.06. The zero-order valence-electron chi connectivity index (χ0n) is 9.94. The number of benzene rings is 1. The molecule has 0 unspecified atom stereocenters. The van der Waals surface area contributed by atoms with Crippen molar-refractivity contribution in [3.05, 3.63) is 40.1 Å². The van der Waals surface area contributed by atoms with Crippen LogP contribution in [0.1, 0.15) is 5.69 Å². The van der Waals surface area contributed by atoms with E-state index in [1.807, 2.05) is 0 Å². The smallest absolute Gasteiger partial charge is 0.311 e. The second kappa shape index (κ2) is 5.99. The van der Waals surface area contributed by atoms with Crippen molar-refractivity contribution in [3.63, 3.8) is 0 Å². The summed E-state index contributed by atoms with van der Waals surface area (Å²) in [4.78, 5) is 15.3. The van der Waals surface area contributed by atoms with E-state index in [2.05, 4.69) is 15.0 Å². The molecule has 0 aliphatic carbocycles. The van der Waals surface area contributed by atoms with Crippen molar-refractivity contribution in [1.82, 2.24) is 4.98 Å². The molecule has 7 heteroatoms. The minimum atomic E-state index is -0.429. The van der Waals surface area contributed by atoms with E-state index in [-0.39, 0.29) is 12.4 Å². The van der Waals surface area contributed by atoms with Gasteiger partial charge in [-0.3, -0.25) is 4.79 Å². The van der Waals surface area contributed by atoms with Gasteiger partial charge in [0.05, 0.1) is 19.2 Å². The van der Waals surface area contributed by atoms with E-state index in [9.17, 15) is 9.18 Å². The molecule has 2 aromatic rings. The first-order valence-electron chi connectivity index (χ1n) is 5.31. The fraction of sp³-hybridized carbons (Fsp3) is 0.167. The van der Waals surface area contributed by atoms with Crippen molar-refractivity contribution in [2.45, 2.75) is 6.42 Å². The van der Waals surface area contributed by atoms with Gasteiger partial charge in [-0.2, -0.15) is 0 Å². The number of ether oxygens (including phenoxy) is 1. The summed E-state index contributed by atoms with van der Waals surface area (Å²) < 4.78 is 17.7. The predicted octanol–water partition coefficient (Wildman–Crippen LogP) is 3.39. The van der Waals surface area contributed by atoms with Crippen LogP contribution in [0.2, 0.25) is 5.02 Å². The Bertz CT molecular complexity index is 583. The lowest BCUT2D eigenvalue weighted by Gasteiger charge is -2.03. The summed E-state index contributed by atoms with van der Waals surface area (Å²) in [6.07, 6.45) is 0.110. The van der Waals surface area contributed by atoms with Crippen LogP contribution in [0.5, 0.6) is 0 Å². The maximum Gasteiger partial charge on any atom is 0.311 e. The van der Waals surface area contributed by atoms with Gasteiger partial charge in [0, 0.05) is 16.1 Å². The summed E-state index contributed by atoms with van der Waals surface area (Å²) in [5.74, 6) is -0.785. The van der Waals surface area contributed by atoms with Crippen LogP contribution < -0.4 is 5.32 Å². The van der Waals surface area contributed by atoms with Crippen LogP contribution in [-0.4, -0.2) is 18.1 Å². The quantitative estimate of drug-likeness (QED) is 0.879. The molecule has 0 radical (unpaired) electrons. The van der Waals surface area contributed by atoms with Crippen molar-refractivity contribution in [3.8, 4) is 0 Å². The van der Waals surface area contributed by atoms with Crippen LogP contribution in [-0.2, 0) is 16.0 Å². The van der Waals surface area contributed by atoms with Gasteiger partial charge < -0.3 is 10.1 Å². The summed E-state index contributed by atoms with van der Waals surface area (Å²) in [7, 11) is 1.32. The highest BCUT2D eigenvalue weighted by molar-refractivity contribution is 7.13. The molecular formula is C12H10ClFN2O2S. The van der Waals surface area contributed by atoms with Gasteiger partial charge in [0.2, 0.25) is 0 Å². The molecule has 0 saturated heterocycles. The number of aromatic nitrogens is 1. The number of methoxy groups -OCH3 is 1. The topological polar surface area (TPSA) is 51.2 Å². The predicted molar refractivity (Wildman–Crippen MR) is 72.5 cm³/mol. The van der Waals surface area contributed by atoms with E-state index in [1.165, 1.54) is 30.6 Å². The molecule has 0 aliphatic heterocycles. The number of carbonyl (C=O) groups is 1. The minimum Gasteiger partial charge on any atom is -0.469 e. The first kappa shape index (κ1) is 13.8. The number of hydrogen-bond donors (Lipinski definition) is 1. The molecule has 2 rings (SSSR count). The zero-order chi connectivity index (χ0) is 13.8. The number of nitrogens with one attached hydrogen (secondary N) is 1. The lowest BCUT2D eigenvalue weighted by atomic mass is 10.3. The van der Waals surface area contributed by atoms with Gasteiger partial charge in [0.15, 0.2) is 5.13 Å². The molecule has 0 aliphatic rings. The molecule has 1 heterocycles. The van der Waals surface area contributed by atoms with E-state index in [0.717, 1.165) is 0 Å². The summed E-state index contributed by atoms with van der Waals surface area (Å²) in [6, 6.07) is 4.12. The Labute approximate surface area is 118 Å². The van der Waals surface area contributed by atoms with Crippen molar-refractivity contribution in [2.75, 3.05) is 12.4 Å². The summed E-state index contributed by atoms with van der Waals surface area (Å²) >= 11 is 7.06. The summed E-state index contributed by atoms with van der Waals surface area (Å²) in [5.41, 5.74) is 1.10. The summed E-state index contributed by atoms with van der Waals surface area (Å²) in [6.45, 7) is 0. The van der Waals surface area contributed by atoms with Gasteiger partial charge in [-0.25, -0.2) is 9.37 Å². The first-order valence-corrected chi connectivity index (χ1v) is 6.57. The van der Waals surface area contributed by atoms with Crippen LogP contribution in [0.4, 0.5) is 15.2 Å². The standard InChI is InChI=1S/C12H10ClFN2O2S/c1-18-11(17)5-10-6-19-12(16-10)15-9-3-7(13)2-8(14)4-9/h2-4,6H,5H2,1H3,(H,15,16). The van der Waals surface area contributed by atoms with Gasteiger partial charge in [0.25, 0.3) is 0 Å². The molecule has 1 aromatic heterocycles. The third-order valence-corrected chi connectivity index (χ3v) is 3.24. The van der Waals surface area contributed by atoms with Crippen LogP contribution in [0.25, 0.3) is 0 Å². The maximum absolute atomic E-state index is 13.2. The highest BCUT2D eigenvalue weighted by Crippen LogP contribution is 2.24. The normalized spacial score (nSPS) is 10.3. The van der Waals surface area contributed by atoms with E-state index in [4.69, 9.17) is 11.6 Å². The Morgan fingerprint density at radius 1 is 1.53 bits per heavy atom. The third kappa shape index (κ3) is 3.90. The molecule has 0 amide bonds. The molecule has 0 saturated carbocycles. The Kier molecular flexibility index (Phi) is 4.34. The number of nitrogens with zero attached hydrogens (tertiary/aromatic N) is 1. The van der Waals surface area contributed by atoms with Crippen molar-refractivity contribution in [2.24, 2.45) is 0 Å². The summed E-state index contributed by atoms with van der Waals surface area (Å²) in [5, 5.41) is 5.52. The van der Waals surface area contributed by atoms with Crippen molar-refractivity contribution >= 4 is 39.7 Å². The molecule has 0 bridgehead atoms. The van der Waals surface area contributed by atoms with Crippen molar-refractivity contribution < 1.29 is 13.9 Å². The number of halogens is 2. The van der Waals surface area contributed by atoms with Gasteiger partial charge in [-0.05, 0) is 18.2 Å². The molecular weight excluding hydrogens is 291 g/mol. The second-order valence-electron chi connectivity index (χ2n) is 3.68. The SMILES string of the molecule is COC(=O)Cc1csc(Nc2cc(F)cc(Cl)c2)n1. The van der Waals surface area contributed by atoms with Gasteiger partial charge >= 0.3 is 5.97 Å². The number of carbonyl (C=O) groups excluding carboxylic acids is 1. The van der Waals surface area contributed by atoms with E-state index < -0.39 is 5.82 Å². The molecule has 0 spiro atoms. The van der Waals surface area contributed by atoms with Gasteiger partial charge in [0.1, 0.15) is 5.82 Å². The van der Waals surface area contributed by atoms with Crippen LogP contribution in [0.15, 0.2) is 23.6 Å². The van der Waals surface area contributed by atoms with E-state index in [0.29, 0.717) is 21.5 Å². The second-order valence-corrected chi connectivity index (χ2v) is 4.97. The fourth-order valence-corrected chi connectivity index (χ4v) is 2.37. The fourth-order valence-electron chi connectivity index (χ4n) is 1.42. The number of anilines is 2. The largest absolute Gasteiger partial charge is 0.469 e.